The number of aromatic hydroxyl groups is 1. The number of hydrogen-bond acceptors (Lipinski definition) is 2. The average Bonchev–Trinajstić information content (AvgIpc) is 2.63. The zero-order valence-electron chi connectivity index (χ0n) is 14.7. The first-order valence-electron chi connectivity index (χ1n) is 9.23. The van der Waals surface area contributed by atoms with Crippen molar-refractivity contribution in [1.29, 1.82) is 0 Å². The Hall–Kier alpha value is -2.35. The van der Waals surface area contributed by atoms with Gasteiger partial charge in [0.1, 0.15) is 5.75 Å². The van der Waals surface area contributed by atoms with Crippen molar-refractivity contribution in [1.82, 2.24) is 0 Å². The highest BCUT2D eigenvalue weighted by Crippen LogP contribution is 2.53. The van der Waals surface area contributed by atoms with Crippen LogP contribution in [0.5, 0.6) is 5.75 Å². The number of allylic oxidation sites excluding steroid dienone is 1. The molecule has 2 aromatic carbocycles. The Morgan fingerprint density at radius 2 is 2.00 bits per heavy atom. The number of carbonyl (C=O) groups is 1. The molecule has 0 spiro atoms. The molecule has 2 aromatic rings. The topological polar surface area (TPSA) is 37.3 Å². The van der Waals surface area contributed by atoms with Crippen LogP contribution in [0.1, 0.15) is 49.3 Å². The lowest BCUT2D eigenvalue weighted by atomic mass is 9.55. The first-order chi connectivity index (χ1) is 12.1. The van der Waals surface area contributed by atoms with Crippen LogP contribution < -0.4 is 0 Å². The molecule has 0 radical (unpaired) electrons. The van der Waals surface area contributed by atoms with E-state index < -0.39 is 0 Å². The number of Topliss-reactive ketones (excluding diaryl/α,β-unsaturated/α-hetero) is 1. The molecule has 2 atom stereocenters. The van der Waals surface area contributed by atoms with E-state index in [4.69, 9.17) is 0 Å². The Balaban J connectivity index is 1.79. The second-order valence-electron chi connectivity index (χ2n) is 7.47. The minimum Gasteiger partial charge on any atom is -0.508 e. The Labute approximate surface area is 149 Å². The maximum atomic E-state index is 12.8. The van der Waals surface area contributed by atoms with E-state index in [1.807, 2.05) is 24.3 Å². The van der Waals surface area contributed by atoms with Crippen LogP contribution in [0.25, 0.3) is 6.08 Å². The second-order valence-corrected chi connectivity index (χ2v) is 7.47. The summed E-state index contributed by atoms with van der Waals surface area (Å²) in [5.74, 6) is 1.06. The van der Waals surface area contributed by atoms with Gasteiger partial charge in [0.2, 0.25) is 0 Å². The van der Waals surface area contributed by atoms with Gasteiger partial charge in [-0.05, 0) is 72.1 Å². The van der Waals surface area contributed by atoms with Crippen molar-refractivity contribution < 1.29 is 9.90 Å². The zero-order chi connectivity index (χ0) is 17.4. The fourth-order valence-electron chi connectivity index (χ4n) is 4.92. The fourth-order valence-corrected chi connectivity index (χ4v) is 4.92. The number of benzene rings is 2. The van der Waals surface area contributed by atoms with Gasteiger partial charge < -0.3 is 5.11 Å². The Morgan fingerprint density at radius 3 is 2.76 bits per heavy atom. The zero-order valence-corrected chi connectivity index (χ0v) is 14.7. The van der Waals surface area contributed by atoms with Crippen LogP contribution in [0.3, 0.4) is 0 Å². The molecular weight excluding hydrogens is 308 g/mol. The van der Waals surface area contributed by atoms with Gasteiger partial charge in [0.15, 0.2) is 5.78 Å². The Bertz CT molecular complexity index is 834. The standard InChI is InChI=1S/C23H24O2/c1-2-23-15-18(12-16-6-4-3-5-7-16)22(25)14-19(23)9-8-17-13-20(24)10-11-21(17)23/h3-7,10-13,19,24H,2,8-9,14-15H2,1H3/t19-,23?/m1/s1. The second kappa shape index (κ2) is 6.18. The fraction of sp³-hybridized carbons (Fsp3) is 0.348. The van der Waals surface area contributed by atoms with Gasteiger partial charge in [-0.15, -0.1) is 0 Å². The summed E-state index contributed by atoms with van der Waals surface area (Å²) in [6.45, 7) is 2.24. The molecular formula is C23H24O2. The summed E-state index contributed by atoms with van der Waals surface area (Å²) in [6.07, 6.45) is 6.54. The SMILES string of the molecule is CCC12CC(=Cc3ccccc3)C(=O)C[C@H]1CCc1cc(O)ccc12. The molecule has 2 aliphatic carbocycles. The lowest BCUT2D eigenvalue weighted by Gasteiger charge is -2.48. The van der Waals surface area contributed by atoms with Crippen LogP contribution in [-0.4, -0.2) is 10.9 Å². The van der Waals surface area contributed by atoms with Gasteiger partial charge in [0.05, 0.1) is 0 Å². The van der Waals surface area contributed by atoms with Crippen molar-refractivity contribution in [3.05, 3.63) is 70.8 Å². The van der Waals surface area contributed by atoms with E-state index in [2.05, 4.69) is 31.2 Å². The summed E-state index contributed by atoms with van der Waals surface area (Å²) in [4.78, 5) is 12.8. The van der Waals surface area contributed by atoms with Crippen LogP contribution in [0, 0.1) is 5.92 Å². The molecule has 1 N–H and O–H groups in total. The quantitative estimate of drug-likeness (QED) is 0.782. The molecule has 128 valence electrons. The van der Waals surface area contributed by atoms with Crippen molar-refractivity contribution in [2.45, 2.75) is 44.4 Å². The molecule has 2 aliphatic rings. The largest absolute Gasteiger partial charge is 0.508 e. The third kappa shape index (κ3) is 2.70. The molecule has 0 heterocycles. The van der Waals surface area contributed by atoms with E-state index in [0.717, 1.165) is 36.8 Å². The monoisotopic (exact) mass is 332 g/mol. The van der Waals surface area contributed by atoms with Crippen LogP contribution in [-0.2, 0) is 16.6 Å². The van der Waals surface area contributed by atoms with Crippen molar-refractivity contribution in [2.24, 2.45) is 5.92 Å². The molecule has 0 bridgehead atoms. The van der Waals surface area contributed by atoms with Crippen molar-refractivity contribution in [2.75, 3.05) is 0 Å². The molecule has 1 saturated carbocycles. The molecule has 2 nitrogen and oxygen atoms in total. The van der Waals surface area contributed by atoms with Gasteiger partial charge in [-0.3, -0.25) is 4.79 Å². The lowest BCUT2D eigenvalue weighted by molar-refractivity contribution is -0.119. The summed E-state index contributed by atoms with van der Waals surface area (Å²) in [5.41, 5.74) is 4.67. The smallest absolute Gasteiger partial charge is 0.159 e. The predicted octanol–water partition coefficient (Wildman–Crippen LogP) is 5.05. The number of rotatable bonds is 2. The molecule has 1 fully saturated rings. The Morgan fingerprint density at radius 1 is 1.20 bits per heavy atom. The third-order valence-electron chi connectivity index (χ3n) is 6.24. The van der Waals surface area contributed by atoms with Crippen LogP contribution in [0.4, 0.5) is 0 Å². The molecule has 2 heteroatoms. The molecule has 0 saturated heterocycles. The number of phenolic OH excluding ortho intramolecular Hbond substituents is 1. The molecule has 4 rings (SSSR count). The van der Waals surface area contributed by atoms with Crippen LogP contribution in [0.15, 0.2) is 54.1 Å². The molecule has 0 aliphatic heterocycles. The van der Waals surface area contributed by atoms with Gasteiger partial charge in [0.25, 0.3) is 0 Å². The minimum absolute atomic E-state index is 0.0236. The minimum atomic E-state index is 0.0236. The molecule has 1 unspecified atom stereocenters. The van der Waals surface area contributed by atoms with Crippen LogP contribution in [0.2, 0.25) is 0 Å². The van der Waals surface area contributed by atoms with Gasteiger partial charge in [-0.2, -0.15) is 0 Å². The number of hydrogen-bond donors (Lipinski definition) is 1. The van der Waals surface area contributed by atoms with Crippen molar-refractivity contribution in [3.8, 4) is 5.75 Å². The number of aryl methyl sites for hydroxylation is 1. The molecule has 0 aromatic heterocycles. The highest BCUT2D eigenvalue weighted by molar-refractivity contribution is 6.01. The highest BCUT2D eigenvalue weighted by atomic mass is 16.3. The molecule has 0 amide bonds. The summed E-state index contributed by atoms with van der Waals surface area (Å²) < 4.78 is 0. The summed E-state index contributed by atoms with van der Waals surface area (Å²) in [7, 11) is 0. The molecule has 25 heavy (non-hydrogen) atoms. The van der Waals surface area contributed by atoms with E-state index in [1.165, 1.54) is 11.1 Å². The van der Waals surface area contributed by atoms with E-state index in [9.17, 15) is 9.90 Å². The maximum Gasteiger partial charge on any atom is 0.159 e. The van der Waals surface area contributed by atoms with E-state index >= 15 is 0 Å². The number of phenols is 1. The normalized spacial score (nSPS) is 27.0. The number of carbonyl (C=O) groups excluding carboxylic acids is 1. The maximum absolute atomic E-state index is 12.8. The van der Waals surface area contributed by atoms with E-state index in [1.54, 1.807) is 6.07 Å². The van der Waals surface area contributed by atoms with E-state index in [-0.39, 0.29) is 5.41 Å². The number of fused-ring (bicyclic) bond motifs is 3. The van der Waals surface area contributed by atoms with Crippen molar-refractivity contribution >= 4 is 11.9 Å². The third-order valence-corrected chi connectivity index (χ3v) is 6.24. The average molecular weight is 332 g/mol. The van der Waals surface area contributed by atoms with Crippen molar-refractivity contribution in [3.63, 3.8) is 0 Å². The summed E-state index contributed by atoms with van der Waals surface area (Å²) in [6, 6.07) is 15.9. The Kier molecular flexibility index (Phi) is 3.99. The first kappa shape index (κ1) is 16.1. The highest BCUT2D eigenvalue weighted by Gasteiger charge is 2.47. The number of ketones is 1. The van der Waals surface area contributed by atoms with Gasteiger partial charge in [0, 0.05) is 11.8 Å². The summed E-state index contributed by atoms with van der Waals surface area (Å²) in [5, 5.41) is 9.86. The van der Waals surface area contributed by atoms with Crippen LogP contribution >= 0.6 is 0 Å². The van der Waals surface area contributed by atoms with E-state index in [0.29, 0.717) is 23.9 Å². The predicted molar refractivity (Wildman–Crippen MR) is 101 cm³/mol. The summed E-state index contributed by atoms with van der Waals surface area (Å²) >= 11 is 0. The lowest BCUT2D eigenvalue weighted by Crippen LogP contribution is -2.44. The van der Waals surface area contributed by atoms with Gasteiger partial charge in [-0.1, -0.05) is 43.3 Å². The van der Waals surface area contributed by atoms with Gasteiger partial charge in [-0.25, -0.2) is 0 Å². The first-order valence-corrected chi connectivity index (χ1v) is 9.23. The van der Waals surface area contributed by atoms with Gasteiger partial charge >= 0.3 is 0 Å².